The Morgan fingerprint density at radius 2 is 0.775 bits per heavy atom. The second-order valence-corrected chi connectivity index (χ2v) is 27.3. The summed E-state index contributed by atoms with van der Waals surface area (Å²) >= 11 is 10.9. The van der Waals surface area contributed by atoms with Gasteiger partial charge in [-0.25, -0.2) is 9.59 Å². The summed E-state index contributed by atoms with van der Waals surface area (Å²) in [5.41, 5.74) is 12.3. The number of isothiocyanates is 2. The van der Waals surface area contributed by atoms with Crippen LogP contribution in [0.4, 0.5) is 0 Å². The van der Waals surface area contributed by atoms with E-state index in [1.54, 1.807) is 35.1 Å². The first kappa shape index (κ1) is 69.7. The van der Waals surface area contributed by atoms with Crippen LogP contribution in [-0.4, -0.2) is 64.0 Å². The first-order valence-electron chi connectivity index (χ1n) is 28.1. The molecule has 10 aromatic rings. The smallest absolute Gasteiger partial charge is 0.753 e. The van der Waals surface area contributed by atoms with E-state index in [0.717, 1.165) is 9.75 Å². The Morgan fingerprint density at radius 3 is 1.03 bits per heavy atom. The van der Waals surface area contributed by atoms with Gasteiger partial charge >= 0.3 is 31.4 Å². The molecule has 0 aliphatic heterocycles. The van der Waals surface area contributed by atoms with Crippen molar-refractivity contribution < 1.29 is 39.3 Å². The van der Waals surface area contributed by atoms with Gasteiger partial charge in [-0.15, -0.1) is 22.7 Å². The van der Waals surface area contributed by atoms with Crippen LogP contribution >= 0.6 is 47.1 Å². The van der Waals surface area contributed by atoms with E-state index >= 15 is 0 Å². The van der Waals surface area contributed by atoms with Gasteiger partial charge in [0.2, 0.25) is 0 Å². The van der Waals surface area contributed by atoms with Crippen molar-refractivity contribution in [3.05, 3.63) is 224 Å². The Kier molecular flexibility index (Phi) is 23.0. The molecule has 10 rings (SSSR count). The number of pyridine rings is 2. The maximum Gasteiger partial charge on any atom is 2.00 e. The van der Waals surface area contributed by atoms with Crippen molar-refractivity contribution in [3.8, 4) is 21.4 Å². The summed E-state index contributed by atoms with van der Waals surface area (Å²) in [6, 6.07) is 42.0. The first-order chi connectivity index (χ1) is 41.5. The molecule has 0 radical (unpaired) electrons. The SMILES string of the molecule is C=C(N=C/C=C/c1ccc(-n2c3ccc(C(C)(C)C)cc3c3cc(C(C)(C)C)ccc32)s1)C(=C)N=C/C=C/c1ccc(-n2c3ccc(C(C)(C)C)cc3c3cc(C(C)(C)C)ccc32)s1.O=C(O)c1ccnc(-c2cc(C(=O)O)ccn2)c1.[N-]=C=S.[N-]=C=S.[Ru+2]. The van der Waals surface area contributed by atoms with Gasteiger partial charge in [-0.05, 0) is 165 Å². The van der Waals surface area contributed by atoms with Crippen LogP contribution in [0.5, 0.6) is 0 Å². The molecule has 2 N–H and O–H groups in total. The number of aliphatic imine (C=N–C) groups is 2. The number of carbonyl (C=O) groups is 2. The Balaban J connectivity index is 0.000000424. The average Bonchev–Trinajstić information content (AvgIpc) is 1.61. The molecule has 89 heavy (non-hydrogen) atoms. The summed E-state index contributed by atoms with van der Waals surface area (Å²) in [5, 5.41) is 42.2. The Hall–Kier alpha value is -8.36. The number of allylic oxidation sites excluding steroid dienone is 2. The summed E-state index contributed by atoms with van der Waals surface area (Å²) in [7, 11) is 0. The number of carboxylic acid groups (broad SMARTS) is 2. The molecule has 0 spiro atoms. The molecule has 6 heterocycles. The molecule has 0 saturated carbocycles. The van der Waals surface area contributed by atoms with E-state index < -0.39 is 11.9 Å². The molecule has 6 aromatic heterocycles. The van der Waals surface area contributed by atoms with Crippen molar-refractivity contribution in [2.45, 2.75) is 105 Å². The fraction of sp³-hybridized carbons (Fsp3) is 0.222. The largest absolute Gasteiger partial charge is 2.00 e. The molecule has 0 atom stereocenters. The number of rotatable bonds is 12. The Morgan fingerprint density at radius 1 is 0.494 bits per heavy atom. The van der Waals surface area contributed by atoms with E-state index in [4.69, 9.17) is 21.0 Å². The molecular formula is C72H70N8O4RuS4. The number of thiophene rings is 2. The number of aromatic carboxylic acids is 2. The summed E-state index contributed by atoms with van der Waals surface area (Å²) in [6.45, 7) is 35.6. The number of aromatic nitrogens is 4. The minimum Gasteiger partial charge on any atom is -0.753 e. The van der Waals surface area contributed by atoms with E-state index in [1.807, 2.05) is 12.2 Å². The Labute approximate surface area is 552 Å². The molecule has 0 saturated heterocycles. The summed E-state index contributed by atoms with van der Waals surface area (Å²) in [5.74, 6) is -2.15. The molecule has 0 aliphatic carbocycles. The van der Waals surface area contributed by atoms with Crippen molar-refractivity contribution in [2.75, 3.05) is 0 Å². The van der Waals surface area contributed by atoms with Crippen LogP contribution in [0.2, 0.25) is 0 Å². The maximum atomic E-state index is 10.8. The molecular weight excluding hydrogens is 1270 g/mol. The van der Waals surface area contributed by atoms with E-state index in [0.29, 0.717) is 22.8 Å². The number of nitrogens with zero attached hydrogens (tertiary/aromatic N) is 8. The average molecular weight is 1340 g/mol. The van der Waals surface area contributed by atoms with E-state index in [2.05, 4.69) is 259 Å². The van der Waals surface area contributed by atoms with Crippen molar-refractivity contribution >= 4 is 138 Å². The number of hydrogen-bond donors (Lipinski definition) is 2. The molecule has 0 fully saturated rings. The van der Waals surface area contributed by atoms with Gasteiger partial charge < -0.3 is 30.2 Å². The summed E-state index contributed by atoms with van der Waals surface area (Å²) in [4.78, 5) is 41.0. The number of benzene rings is 4. The van der Waals surface area contributed by atoms with Gasteiger partial charge in [0.25, 0.3) is 0 Å². The number of hydrogen-bond acceptors (Lipinski definition) is 10. The van der Waals surface area contributed by atoms with Crippen LogP contribution in [0.15, 0.2) is 180 Å². The second kappa shape index (κ2) is 29.3. The number of carboxylic acids is 2. The minimum atomic E-state index is -1.08. The van der Waals surface area contributed by atoms with Gasteiger partial charge in [0.05, 0.1) is 56.0 Å². The third kappa shape index (κ3) is 17.1. The topological polar surface area (TPSA) is 180 Å². The van der Waals surface area contributed by atoms with Crippen molar-refractivity contribution in [3.63, 3.8) is 0 Å². The molecule has 0 bridgehead atoms. The first-order valence-corrected chi connectivity index (χ1v) is 30.5. The Bertz CT molecular complexity index is 4070. The number of thiocarbonyl (C=S) groups is 2. The molecule has 12 nitrogen and oxygen atoms in total. The van der Waals surface area contributed by atoms with Crippen LogP contribution in [0.3, 0.4) is 0 Å². The van der Waals surface area contributed by atoms with Crippen molar-refractivity contribution in [1.29, 1.82) is 0 Å². The van der Waals surface area contributed by atoms with Gasteiger partial charge in [-0.1, -0.05) is 145 Å². The van der Waals surface area contributed by atoms with E-state index in [9.17, 15) is 9.59 Å². The van der Waals surface area contributed by atoms with Gasteiger partial charge in [0, 0.05) is 56.1 Å². The zero-order valence-electron chi connectivity index (χ0n) is 51.9. The molecule has 4 aromatic carbocycles. The predicted molar refractivity (Wildman–Crippen MR) is 379 cm³/mol. The normalized spacial score (nSPS) is 11.9. The predicted octanol–water partition coefficient (Wildman–Crippen LogP) is 19.9. The number of fused-ring (bicyclic) bond motifs is 6. The maximum absolute atomic E-state index is 10.8. The zero-order chi connectivity index (χ0) is 64.5. The fourth-order valence-corrected chi connectivity index (χ4v) is 11.5. The van der Waals surface area contributed by atoms with Gasteiger partial charge in [-0.3, -0.25) is 20.0 Å². The fourth-order valence-electron chi connectivity index (χ4n) is 9.59. The monoisotopic (exact) mass is 1340 g/mol. The van der Waals surface area contributed by atoms with E-state index in [1.165, 1.54) is 123 Å². The molecule has 0 aliphatic rings. The van der Waals surface area contributed by atoms with Crippen LogP contribution in [0.1, 0.15) is 136 Å². The summed E-state index contributed by atoms with van der Waals surface area (Å²) in [6.07, 6.45) is 14.3. The van der Waals surface area contributed by atoms with Crippen LogP contribution in [0.25, 0.3) is 88.0 Å². The van der Waals surface area contributed by atoms with Gasteiger partial charge in [0.15, 0.2) is 0 Å². The van der Waals surface area contributed by atoms with Crippen molar-refractivity contribution in [1.82, 2.24) is 19.1 Å². The quantitative estimate of drug-likeness (QED) is 0.0525. The standard InChI is InChI=1S/C58H62N4S2.C12H8N2O4.2CNS.Ru/c1-37(59-31-15-17-43-23-29-53(63-43)61-49-25-19-39(55(3,4)5)33-45(49)46-34-40(56(6,7)8)20-26-50(46)61)38(2)60-32-16-18-44-24-30-54(64-44)62-51-27-21-41(57(9,10)11)35-47(51)48-36-42(58(12,13)14)22-28-52(48)62;15-11(16)7-1-3-13-9(5-7)10-6-8(12(17)18)2-4-14-10;2*2-1-3;/h15-36H,1-2H2,3-14H3;1-6H,(H,15,16)(H,17,18);;;/q;;2*-1;+2/b17-15+,18-16+,59-31?,60-32?;;;;. The second-order valence-electron chi connectivity index (χ2n) is 24.8. The van der Waals surface area contributed by atoms with E-state index in [-0.39, 0.29) is 52.3 Å². The van der Waals surface area contributed by atoms with Gasteiger partial charge in [0.1, 0.15) is 10.0 Å². The van der Waals surface area contributed by atoms with Crippen LogP contribution < -0.4 is 0 Å². The molecule has 0 unspecified atom stereocenters. The van der Waals surface area contributed by atoms with Crippen LogP contribution in [0, 0.1) is 0 Å². The van der Waals surface area contributed by atoms with Gasteiger partial charge in [-0.2, -0.15) is 10.3 Å². The third-order valence-corrected chi connectivity index (χ3v) is 16.5. The third-order valence-electron chi connectivity index (χ3n) is 14.4. The molecule has 454 valence electrons. The summed E-state index contributed by atoms with van der Waals surface area (Å²) < 4.78 is 4.82. The van der Waals surface area contributed by atoms with Crippen molar-refractivity contribution in [2.24, 2.45) is 9.98 Å². The minimum absolute atomic E-state index is 0. The molecule has 0 amide bonds. The zero-order valence-corrected chi connectivity index (χ0v) is 56.9. The molecule has 17 heteroatoms. The van der Waals surface area contributed by atoms with Crippen LogP contribution in [-0.2, 0) is 41.1 Å².